The zero-order chi connectivity index (χ0) is 11.0. The van der Waals surface area contributed by atoms with Gasteiger partial charge in [0.05, 0.1) is 12.0 Å². The Balaban J connectivity index is 1.87. The molecule has 2 atom stereocenters. The van der Waals surface area contributed by atoms with Crippen LogP contribution in [-0.2, 0) is 9.59 Å². The van der Waals surface area contributed by atoms with Crippen LogP contribution in [-0.4, -0.2) is 46.2 Å². The van der Waals surface area contributed by atoms with Crippen molar-refractivity contribution >= 4 is 11.9 Å². The van der Waals surface area contributed by atoms with E-state index < -0.39 is 18.0 Å². The standard InChI is InChI=1S/C10H15NO4/c12-8(6-1-2-6)5-11-4-7(10(14)15)3-9(11)13/h6-8,12H,1-5H2,(H,14,15). The minimum atomic E-state index is -0.924. The first-order valence-corrected chi connectivity index (χ1v) is 5.26. The van der Waals surface area contributed by atoms with Gasteiger partial charge < -0.3 is 15.1 Å². The van der Waals surface area contributed by atoms with Gasteiger partial charge in [-0.2, -0.15) is 0 Å². The molecule has 5 heteroatoms. The van der Waals surface area contributed by atoms with E-state index in [1.807, 2.05) is 0 Å². The number of likely N-dealkylation sites (tertiary alicyclic amines) is 1. The lowest BCUT2D eigenvalue weighted by molar-refractivity contribution is -0.141. The highest BCUT2D eigenvalue weighted by atomic mass is 16.4. The first kappa shape index (κ1) is 10.4. The van der Waals surface area contributed by atoms with Gasteiger partial charge in [-0.25, -0.2) is 0 Å². The first-order chi connectivity index (χ1) is 7.08. The number of rotatable bonds is 4. The fourth-order valence-corrected chi connectivity index (χ4v) is 1.97. The van der Waals surface area contributed by atoms with Gasteiger partial charge in [-0.05, 0) is 18.8 Å². The summed E-state index contributed by atoms with van der Waals surface area (Å²) in [5, 5.41) is 18.4. The maximum absolute atomic E-state index is 11.4. The Labute approximate surface area is 87.7 Å². The number of carbonyl (C=O) groups is 2. The highest BCUT2D eigenvalue weighted by Gasteiger charge is 2.38. The Morgan fingerprint density at radius 2 is 2.20 bits per heavy atom. The van der Waals surface area contributed by atoms with Crippen molar-refractivity contribution in [3.8, 4) is 0 Å². The van der Waals surface area contributed by atoms with Crippen LogP contribution in [0.25, 0.3) is 0 Å². The number of aliphatic hydroxyl groups excluding tert-OH is 1. The molecule has 0 spiro atoms. The number of aliphatic hydroxyl groups is 1. The average Bonchev–Trinajstić information content (AvgIpc) is 2.93. The van der Waals surface area contributed by atoms with Gasteiger partial charge in [0.2, 0.25) is 5.91 Å². The van der Waals surface area contributed by atoms with Crippen LogP contribution in [0.5, 0.6) is 0 Å². The molecule has 2 unspecified atom stereocenters. The van der Waals surface area contributed by atoms with Gasteiger partial charge in [-0.1, -0.05) is 0 Å². The number of carboxylic acids is 1. The normalized spacial score (nSPS) is 28.2. The maximum Gasteiger partial charge on any atom is 0.308 e. The number of hydrogen-bond acceptors (Lipinski definition) is 3. The lowest BCUT2D eigenvalue weighted by atomic mass is 10.1. The van der Waals surface area contributed by atoms with Crippen molar-refractivity contribution in [2.75, 3.05) is 13.1 Å². The Bertz CT molecular complexity index is 287. The molecule has 1 aliphatic heterocycles. The molecule has 2 rings (SSSR count). The molecule has 1 aliphatic carbocycles. The molecule has 0 radical (unpaired) electrons. The van der Waals surface area contributed by atoms with Crippen LogP contribution >= 0.6 is 0 Å². The summed E-state index contributed by atoms with van der Waals surface area (Å²) in [6.45, 7) is 0.547. The molecule has 2 N–H and O–H groups in total. The third kappa shape index (κ3) is 2.28. The Hall–Kier alpha value is -1.10. The number of β-amino-alcohol motifs (C(OH)–C–C–N with tert-alkyl or cyclic N) is 1. The third-order valence-electron chi connectivity index (χ3n) is 3.14. The smallest absolute Gasteiger partial charge is 0.308 e. The van der Waals surface area contributed by atoms with Gasteiger partial charge in [0, 0.05) is 19.5 Å². The molecule has 1 amide bonds. The molecule has 15 heavy (non-hydrogen) atoms. The number of aliphatic carboxylic acids is 1. The van der Waals surface area contributed by atoms with Crippen LogP contribution in [0.4, 0.5) is 0 Å². The SMILES string of the molecule is O=C(O)C1CC(=O)N(CC(O)C2CC2)C1. The van der Waals surface area contributed by atoms with E-state index in [9.17, 15) is 14.7 Å². The van der Waals surface area contributed by atoms with E-state index in [1.165, 1.54) is 4.90 Å². The van der Waals surface area contributed by atoms with Crippen molar-refractivity contribution in [3.05, 3.63) is 0 Å². The van der Waals surface area contributed by atoms with Gasteiger partial charge >= 0.3 is 5.97 Å². The molecular weight excluding hydrogens is 198 g/mol. The second-order valence-electron chi connectivity index (χ2n) is 4.44. The quantitative estimate of drug-likeness (QED) is 0.671. The van der Waals surface area contributed by atoms with Gasteiger partial charge in [0.1, 0.15) is 0 Å². The fraction of sp³-hybridized carbons (Fsp3) is 0.800. The molecule has 2 fully saturated rings. The zero-order valence-electron chi connectivity index (χ0n) is 8.43. The molecule has 2 aliphatic rings. The molecule has 0 aromatic rings. The minimum absolute atomic E-state index is 0.0761. The largest absolute Gasteiger partial charge is 0.481 e. The van der Waals surface area contributed by atoms with Crippen molar-refractivity contribution in [2.45, 2.75) is 25.4 Å². The summed E-state index contributed by atoms with van der Waals surface area (Å²) in [5.41, 5.74) is 0. The second kappa shape index (κ2) is 3.81. The predicted molar refractivity (Wildman–Crippen MR) is 51.1 cm³/mol. The Kier molecular flexibility index (Phi) is 2.65. The van der Waals surface area contributed by atoms with Crippen LogP contribution in [0.1, 0.15) is 19.3 Å². The molecule has 5 nitrogen and oxygen atoms in total. The highest BCUT2D eigenvalue weighted by Crippen LogP contribution is 2.33. The van der Waals surface area contributed by atoms with Gasteiger partial charge in [0.25, 0.3) is 0 Å². The predicted octanol–water partition coefficient (Wildman–Crippen LogP) is -0.310. The molecule has 84 valence electrons. The van der Waals surface area contributed by atoms with Crippen molar-refractivity contribution in [3.63, 3.8) is 0 Å². The topological polar surface area (TPSA) is 77.8 Å². The first-order valence-electron chi connectivity index (χ1n) is 5.26. The summed E-state index contributed by atoms with van der Waals surface area (Å²) >= 11 is 0. The summed E-state index contributed by atoms with van der Waals surface area (Å²) in [5.74, 6) is -1.35. The summed E-state index contributed by atoms with van der Waals surface area (Å²) in [4.78, 5) is 23.6. The maximum atomic E-state index is 11.4. The number of hydrogen-bond donors (Lipinski definition) is 2. The van der Waals surface area contributed by atoms with Crippen molar-refractivity contribution in [1.29, 1.82) is 0 Å². The molecule has 1 saturated carbocycles. The number of nitrogens with zero attached hydrogens (tertiary/aromatic N) is 1. The van der Waals surface area contributed by atoms with Crippen molar-refractivity contribution in [1.82, 2.24) is 4.90 Å². The summed E-state index contributed by atoms with van der Waals surface area (Å²) < 4.78 is 0. The monoisotopic (exact) mass is 213 g/mol. The van der Waals surface area contributed by atoms with E-state index in [4.69, 9.17) is 5.11 Å². The Morgan fingerprint density at radius 1 is 1.53 bits per heavy atom. The molecule has 0 bridgehead atoms. The van der Waals surface area contributed by atoms with E-state index >= 15 is 0 Å². The molecule has 1 saturated heterocycles. The average molecular weight is 213 g/mol. The summed E-state index contributed by atoms with van der Waals surface area (Å²) in [7, 11) is 0. The lowest BCUT2D eigenvalue weighted by Crippen LogP contribution is -2.35. The van der Waals surface area contributed by atoms with E-state index in [2.05, 4.69) is 0 Å². The Morgan fingerprint density at radius 3 is 2.67 bits per heavy atom. The second-order valence-corrected chi connectivity index (χ2v) is 4.44. The number of carbonyl (C=O) groups excluding carboxylic acids is 1. The fourth-order valence-electron chi connectivity index (χ4n) is 1.97. The van der Waals surface area contributed by atoms with E-state index in [0.717, 1.165) is 12.8 Å². The molecular formula is C10H15NO4. The van der Waals surface area contributed by atoms with Gasteiger partial charge in [-0.15, -0.1) is 0 Å². The van der Waals surface area contributed by atoms with Crippen LogP contribution in [0.15, 0.2) is 0 Å². The molecule has 0 aromatic heterocycles. The third-order valence-corrected chi connectivity index (χ3v) is 3.14. The van der Waals surface area contributed by atoms with E-state index in [-0.39, 0.29) is 18.9 Å². The molecule has 0 aromatic carbocycles. The van der Waals surface area contributed by atoms with Crippen LogP contribution in [0, 0.1) is 11.8 Å². The van der Waals surface area contributed by atoms with Gasteiger partial charge in [-0.3, -0.25) is 9.59 Å². The molecule has 1 heterocycles. The van der Waals surface area contributed by atoms with E-state index in [0.29, 0.717) is 12.5 Å². The van der Waals surface area contributed by atoms with Crippen LogP contribution < -0.4 is 0 Å². The minimum Gasteiger partial charge on any atom is -0.481 e. The van der Waals surface area contributed by atoms with Crippen LogP contribution in [0.3, 0.4) is 0 Å². The lowest BCUT2D eigenvalue weighted by Gasteiger charge is -2.19. The van der Waals surface area contributed by atoms with Crippen molar-refractivity contribution < 1.29 is 19.8 Å². The zero-order valence-corrected chi connectivity index (χ0v) is 8.43. The number of amides is 1. The van der Waals surface area contributed by atoms with Crippen molar-refractivity contribution in [2.24, 2.45) is 11.8 Å². The van der Waals surface area contributed by atoms with E-state index in [1.54, 1.807) is 0 Å². The highest BCUT2D eigenvalue weighted by molar-refractivity contribution is 5.86. The van der Waals surface area contributed by atoms with Gasteiger partial charge in [0.15, 0.2) is 0 Å². The summed E-state index contributed by atoms with van der Waals surface area (Å²) in [6.07, 6.45) is 1.64. The number of carboxylic acid groups (broad SMARTS) is 1. The van der Waals surface area contributed by atoms with Crippen LogP contribution in [0.2, 0.25) is 0 Å². The summed E-state index contributed by atoms with van der Waals surface area (Å²) in [6, 6.07) is 0.